The third kappa shape index (κ3) is 20.8. The quantitative estimate of drug-likeness (QED) is 0.127. The number of fused-ring (bicyclic) bond motifs is 1. The van der Waals surface area contributed by atoms with Crippen LogP contribution in [0.5, 0.6) is 0 Å². The fraction of sp³-hybridized carbons (Fsp3) is 0. The second kappa shape index (κ2) is 28.7. The van der Waals surface area contributed by atoms with Crippen LogP contribution in [0, 0.1) is 24.0 Å². The summed E-state index contributed by atoms with van der Waals surface area (Å²) in [5.74, 6) is 5.11. The van der Waals surface area contributed by atoms with E-state index in [1.807, 2.05) is 103 Å². The average molecular weight is 564 g/mol. The van der Waals surface area contributed by atoms with Crippen LogP contribution in [0.2, 0.25) is 0 Å². The molecule has 4 heteroatoms. The smallest absolute Gasteiger partial charge is 0.0809 e. The van der Waals surface area contributed by atoms with Gasteiger partial charge in [-0.15, -0.1) is 54.5 Å². The van der Waals surface area contributed by atoms with E-state index in [1.165, 1.54) is 10.8 Å². The minimum absolute atomic E-state index is 0. The van der Waals surface area contributed by atoms with Crippen molar-refractivity contribution in [2.24, 2.45) is 0 Å². The van der Waals surface area contributed by atoms with Crippen LogP contribution >= 0.6 is 33.0 Å². The second-order valence-corrected chi connectivity index (χ2v) is 7.11. The second-order valence-electron chi connectivity index (χ2n) is 6.20. The van der Waals surface area contributed by atoms with E-state index in [4.69, 9.17) is 0 Å². The van der Waals surface area contributed by atoms with Gasteiger partial charge in [-0.3, -0.25) is 8.19 Å². The number of halogens is 2. The standard InChI is InChI=1S/C9H7.3C6H5.C4H4P.CH2.2ClH.Ti/c1-2-5-9-7-3-6-8(9)4-1;3*1-2-4-6-5-3-1;1-2-4-5-3-1;;;;/h1-7H;3*1-5H;1-3,5H;1H2;2*1H;/q5*-1;;;;. The molecule has 6 rings (SSSR count). The van der Waals surface area contributed by atoms with Gasteiger partial charge in [0, 0.05) is 0 Å². The van der Waals surface area contributed by atoms with Gasteiger partial charge in [0.15, 0.2) is 0 Å². The summed E-state index contributed by atoms with van der Waals surface area (Å²) in [6.45, 7) is 0. The van der Waals surface area contributed by atoms with Crippen LogP contribution in [0.4, 0.5) is 0 Å². The van der Waals surface area contributed by atoms with E-state index in [2.05, 4.69) is 77.1 Å². The van der Waals surface area contributed by atoms with E-state index < -0.39 is 0 Å². The van der Waals surface area contributed by atoms with Crippen molar-refractivity contribution in [2.45, 2.75) is 0 Å². The number of hydrogen-bond acceptors (Lipinski definition) is 0. The molecule has 0 N–H and O–H groups in total. The Morgan fingerprint density at radius 2 is 1.03 bits per heavy atom. The zero-order valence-electron chi connectivity index (χ0n) is 20.0. The normalized spacial score (nSPS) is 7.97. The molecular formula is C32H30Cl2PTi-5. The Labute approximate surface area is 242 Å². The monoisotopic (exact) mass is 563 g/mol. The third-order valence-electron chi connectivity index (χ3n) is 3.81. The summed E-state index contributed by atoms with van der Waals surface area (Å²) >= 11 is 1.75. The fourth-order valence-electron chi connectivity index (χ4n) is 2.34. The Morgan fingerprint density at radius 3 is 1.31 bits per heavy atom. The van der Waals surface area contributed by atoms with Crippen LogP contribution in [0.3, 0.4) is 0 Å². The number of benzene rings is 4. The van der Waals surface area contributed by atoms with Gasteiger partial charge >= 0.3 is 24.8 Å². The molecule has 1 unspecified atom stereocenters. The fourth-order valence-corrected chi connectivity index (χ4v) is 2.82. The topological polar surface area (TPSA) is 0 Å². The maximum Gasteiger partial charge on any atom is -0.0809 e. The van der Waals surface area contributed by atoms with Crippen molar-refractivity contribution in [1.82, 2.24) is 0 Å². The molecule has 0 nitrogen and oxygen atoms in total. The summed E-state index contributed by atoms with van der Waals surface area (Å²) in [4.78, 5) is 3.25. The van der Waals surface area contributed by atoms with Crippen LogP contribution in [0.15, 0.2) is 151 Å². The minimum atomic E-state index is 0. The molecule has 0 spiro atoms. The molecule has 1 heterocycles. The Hall–Kier alpha value is -2.57. The molecule has 0 saturated carbocycles. The first-order chi connectivity index (χ1) is 17.0. The molecule has 0 bridgehead atoms. The molecule has 0 saturated heterocycles. The Kier molecular flexibility index (Phi) is 28.3. The molecular weight excluding hydrogens is 534 g/mol. The van der Waals surface area contributed by atoms with Crippen LogP contribution in [0.1, 0.15) is 0 Å². The maximum absolute atomic E-state index is 3.25. The number of rotatable bonds is 0. The van der Waals surface area contributed by atoms with Crippen molar-refractivity contribution in [2.75, 3.05) is 0 Å². The van der Waals surface area contributed by atoms with Crippen molar-refractivity contribution in [3.05, 3.63) is 175 Å². The van der Waals surface area contributed by atoms with E-state index >= 15 is 0 Å². The maximum atomic E-state index is 3.25. The molecule has 0 aliphatic heterocycles. The Morgan fingerprint density at radius 1 is 0.556 bits per heavy atom. The van der Waals surface area contributed by atoms with Gasteiger partial charge in [-0.05, 0) is 0 Å². The molecule has 186 valence electrons. The van der Waals surface area contributed by atoms with Crippen molar-refractivity contribution in [1.29, 1.82) is 0 Å². The van der Waals surface area contributed by atoms with E-state index in [0.717, 1.165) is 8.19 Å². The summed E-state index contributed by atoms with van der Waals surface area (Å²) < 4.78 is 0. The van der Waals surface area contributed by atoms with Gasteiger partial charge in [0.2, 0.25) is 0 Å². The zero-order chi connectivity index (χ0) is 24.4. The van der Waals surface area contributed by atoms with Crippen molar-refractivity contribution < 1.29 is 20.0 Å². The van der Waals surface area contributed by atoms with Gasteiger partial charge in [-0.25, -0.2) is 6.07 Å². The largest absolute Gasteiger partial charge is 0.271 e. The van der Waals surface area contributed by atoms with Gasteiger partial charge in [-0.2, -0.15) is 144 Å². The Bertz CT molecular complexity index is 928. The molecule has 0 amide bonds. The van der Waals surface area contributed by atoms with Crippen molar-refractivity contribution >= 4 is 48.6 Å². The predicted molar refractivity (Wildman–Crippen MR) is 162 cm³/mol. The van der Waals surface area contributed by atoms with Crippen LogP contribution in [-0.2, 0) is 20.0 Å². The molecule has 5 aromatic carbocycles. The summed E-state index contributed by atoms with van der Waals surface area (Å²) in [6.07, 6.45) is 0. The van der Waals surface area contributed by atoms with E-state index in [9.17, 15) is 0 Å². The van der Waals surface area contributed by atoms with Gasteiger partial charge < -0.3 is 0 Å². The van der Waals surface area contributed by atoms with Gasteiger partial charge in [0.05, 0.1) is 0 Å². The summed E-state index contributed by atoms with van der Waals surface area (Å²) in [7, 11) is 0.823. The van der Waals surface area contributed by atoms with Crippen LogP contribution < -0.4 is 0 Å². The van der Waals surface area contributed by atoms with E-state index in [1.54, 1.807) is 20.0 Å². The predicted octanol–water partition coefficient (Wildman–Crippen LogP) is 9.35. The first-order valence-electron chi connectivity index (χ1n) is 10.7. The Balaban J connectivity index is 0. The van der Waals surface area contributed by atoms with Gasteiger partial charge in [0.25, 0.3) is 0 Å². The zero-order valence-corrected chi connectivity index (χ0v) is 24.2. The summed E-state index contributed by atoms with van der Waals surface area (Å²) in [5, 5.41) is 2.66. The van der Waals surface area contributed by atoms with Gasteiger partial charge in [0.1, 0.15) is 0 Å². The van der Waals surface area contributed by atoms with Crippen LogP contribution in [0.25, 0.3) is 10.8 Å². The molecule has 0 radical (unpaired) electrons. The first kappa shape index (κ1) is 35.6. The molecule has 0 aliphatic carbocycles. The SMILES string of the molecule is Cl.Cl.[CH2]=[Ti].[c-]1ccc[pH]1.[c-]1ccccc1.[c-]1ccccc1.[c-]1ccccc1.c1ccc2[cH-]ccc2c1. The molecule has 36 heavy (non-hydrogen) atoms. The third-order valence-corrected chi connectivity index (χ3v) is 4.50. The first-order valence-corrected chi connectivity index (χ1v) is 12.8. The van der Waals surface area contributed by atoms with Crippen molar-refractivity contribution in [3.63, 3.8) is 0 Å². The van der Waals surface area contributed by atoms with E-state index in [0.29, 0.717) is 0 Å². The molecule has 0 fully saturated rings. The van der Waals surface area contributed by atoms with E-state index in [-0.39, 0.29) is 24.8 Å². The molecule has 0 aliphatic rings. The van der Waals surface area contributed by atoms with Gasteiger partial charge in [-0.1, -0.05) is 6.07 Å². The molecule has 1 aromatic heterocycles. The summed E-state index contributed by atoms with van der Waals surface area (Å²) in [5.41, 5.74) is 0. The molecule has 6 aromatic rings. The van der Waals surface area contributed by atoms with Crippen molar-refractivity contribution in [3.8, 4) is 0 Å². The molecule has 1 atom stereocenters. The van der Waals surface area contributed by atoms with Crippen LogP contribution in [-0.4, -0.2) is 4.82 Å². The minimum Gasteiger partial charge on any atom is -0.271 e. The number of hydrogen-bond donors (Lipinski definition) is 0. The summed E-state index contributed by atoms with van der Waals surface area (Å²) in [6, 6.07) is 56.1. The average Bonchev–Trinajstić information content (AvgIpc) is 3.70.